The molecule has 0 amide bonds. The first kappa shape index (κ1) is 35.7. The Hall–Kier alpha value is -6.11. The number of hydrogen-bond donors (Lipinski definition) is 0. The fraction of sp³-hybridized carbons (Fsp3) is 0.143. The van der Waals surface area contributed by atoms with E-state index in [1.165, 1.54) is 35.3 Å². The smallest absolute Gasteiger partial charge is 0.143 e. The summed E-state index contributed by atoms with van der Waals surface area (Å²) >= 11 is 4.53. The summed E-state index contributed by atoms with van der Waals surface area (Å²) in [4.78, 5) is 4.24. The fourth-order valence-corrected chi connectivity index (χ4v) is 10.0. The zero-order valence-electron chi connectivity index (χ0n) is 28.2. The van der Waals surface area contributed by atoms with Crippen LogP contribution in [0.4, 0.5) is 17.1 Å². The summed E-state index contributed by atoms with van der Waals surface area (Å²) in [6.07, 6.45) is 5.75. The predicted octanol–water partition coefficient (Wildman–Crippen LogP) is 11.3. The summed E-state index contributed by atoms with van der Waals surface area (Å²) in [5.41, 5.74) is 9.60. The van der Waals surface area contributed by atoms with Gasteiger partial charge in [-0.05, 0) is 92.1 Å². The summed E-state index contributed by atoms with van der Waals surface area (Å²) in [6, 6.07) is 37.0. The molecule has 0 aromatic heterocycles. The monoisotopic (exact) mass is 725 g/mol. The molecule has 0 saturated carbocycles. The van der Waals surface area contributed by atoms with Gasteiger partial charge in [-0.2, -0.15) is 31.6 Å². The van der Waals surface area contributed by atoms with Crippen LogP contribution in [0.3, 0.4) is 0 Å². The minimum absolute atomic E-state index is 0.00350. The number of hydrogen-bond acceptors (Lipinski definition) is 10. The van der Waals surface area contributed by atoms with Crippen molar-refractivity contribution < 1.29 is 0 Å². The van der Waals surface area contributed by atoms with Gasteiger partial charge in [0.2, 0.25) is 0 Å². The van der Waals surface area contributed by atoms with Crippen molar-refractivity contribution in [3.05, 3.63) is 156 Å². The zero-order chi connectivity index (χ0) is 36.9. The van der Waals surface area contributed by atoms with Crippen LogP contribution >= 0.6 is 35.3 Å². The topological polar surface area (TPSA) is 146 Å². The molecule has 3 aromatic carbocycles. The summed E-state index contributed by atoms with van der Waals surface area (Å²) in [5, 5.41) is 56.4. The highest BCUT2D eigenvalue weighted by Gasteiger charge is 2.28. The highest BCUT2D eigenvalue weighted by molar-refractivity contribution is 8.04. The van der Waals surface area contributed by atoms with Gasteiger partial charge in [-0.25, -0.2) is 0 Å². The van der Waals surface area contributed by atoms with Gasteiger partial charge in [0.15, 0.2) is 0 Å². The third-order valence-corrected chi connectivity index (χ3v) is 13.2. The van der Waals surface area contributed by atoms with E-state index in [9.17, 15) is 31.6 Å². The highest BCUT2D eigenvalue weighted by atomic mass is 32.2. The van der Waals surface area contributed by atoms with E-state index in [1.54, 1.807) is 0 Å². The second kappa shape index (κ2) is 15.4. The van der Waals surface area contributed by atoms with Crippen LogP contribution in [0.15, 0.2) is 139 Å². The average Bonchev–Trinajstić information content (AvgIpc) is 3.87. The van der Waals surface area contributed by atoms with Crippen molar-refractivity contribution in [1.82, 2.24) is 0 Å². The second-order valence-corrected chi connectivity index (χ2v) is 15.6. The summed E-state index contributed by atoms with van der Waals surface area (Å²) in [6.45, 7) is 6.04. The lowest BCUT2D eigenvalue weighted by Crippen LogP contribution is -2.10. The SMILES string of the molecule is CC1=CC(=C(C#N)C#N)SC1c1ccc(N(c2ccc(C3SC(=C(C#N)C#N)C=C3C)cc2)c2ccc(C3SC(=C(C#N)C#N)C=C3C)cc2)cc1. The molecule has 7 nitrogen and oxygen atoms in total. The van der Waals surface area contributed by atoms with E-state index >= 15 is 0 Å². The minimum Gasteiger partial charge on any atom is -0.311 e. The van der Waals surface area contributed by atoms with Crippen LogP contribution in [-0.2, 0) is 0 Å². The summed E-state index contributed by atoms with van der Waals surface area (Å²) in [7, 11) is 0. The van der Waals surface area contributed by atoms with Crippen molar-refractivity contribution >= 4 is 52.3 Å². The van der Waals surface area contributed by atoms with Crippen LogP contribution in [0.2, 0.25) is 0 Å². The normalized spacial score (nSPS) is 18.8. The van der Waals surface area contributed by atoms with Crippen molar-refractivity contribution in [3.63, 3.8) is 0 Å². The first-order chi connectivity index (χ1) is 25.2. The van der Waals surface area contributed by atoms with Crippen molar-refractivity contribution in [2.24, 2.45) is 0 Å². The van der Waals surface area contributed by atoms with E-state index in [4.69, 9.17) is 0 Å². The summed E-state index contributed by atoms with van der Waals surface area (Å²) in [5.74, 6) is 0. The first-order valence-corrected chi connectivity index (χ1v) is 18.6. The number of rotatable bonds is 6. The molecule has 0 N–H and O–H groups in total. The molecule has 0 radical (unpaired) electrons. The van der Waals surface area contributed by atoms with E-state index < -0.39 is 0 Å². The molecular weight excluding hydrogens is 699 g/mol. The van der Waals surface area contributed by atoms with E-state index in [0.29, 0.717) is 14.7 Å². The number of benzene rings is 3. The van der Waals surface area contributed by atoms with E-state index in [-0.39, 0.29) is 32.5 Å². The minimum atomic E-state index is -0.00350. The van der Waals surface area contributed by atoms with Crippen molar-refractivity contribution in [1.29, 1.82) is 31.6 Å². The van der Waals surface area contributed by atoms with Crippen LogP contribution in [0, 0.1) is 68.0 Å². The second-order valence-electron chi connectivity index (χ2n) is 12.2. The lowest BCUT2D eigenvalue weighted by molar-refractivity contribution is 1.12. The molecule has 3 aromatic rings. The molecule has 3 aliphatic rings. The molecule has 248 valence electrons. The average molecular weight is 726 g/mol. The highest BCUT2D eigenvalue weighted by Crippen LogP contribution is 2.51. The maximum Gasteiger partial charge on any atom is 0.143 e. The molecule has 3 aliphatic heterocycles. The molecule has 0 fully saturated rings. The third kappa shape index (κ3) is 6.94. The lowest BCUT2D eigenvalue weighted by Gasteiger charge is -2.27. The maximum atomic E-state index is 9.40. The van der Waals surface area contributed by atoms with Crippen molar-refractivity contribution in [2.45, 2.75) is 36.5 Å². The number of nitrogens with zero attached hydrogens (tertiary/aromatic N) is 7. The molecule has 3 unspecified atom stereocenters. The molecule has 0 spiro atoms. The molecule has 3 heterocycles. The predicted molar refractivity (Wildman–Crippen MR) is 208 cm³/mol. The van der Waals surface area contributed by atoms with E-state index in [1.807, 2.05) is 75.4 Å². The molecule has 0 aliphatic carbocycles. The summed E-state index contributed by atoms with van der Waals surface area (Å²) < 4.78 is 0. The van der Waals surface area contributed by atoms with E-state index in [2.05, 4.69) is 77.7 Å². The third-order valence-electron chi connectivity index (χ3n) is 8.82. The van der Waals surface area contributed by atoms with Gasteiger partial charge < -0.3 is 4.90 Å². The van der Waals surface area contributed by atoms with Gasteiger partial charge in [-0.15, -0.1) is 35.3 Å². The lowest BCUT2D eigenvalue weighted by atomic mass is 10.0. The number of anilines is 3. The fourth-order valence-electron chi connectivity index (χ4n) is 6.24. The molecule has 6 rings (SSSR count). The van der Waals surface area contributed by atoms with Crippen LogP contribution in [0.25, 0.3) is 0 Å². The van der Waals surface area contributed by atoms with Crippen LogP contribution < -0.4 is 4.90 Å². The number of allylic oxidation sites excluding steroid dienone is 6. The van der Waals surface area contributed by atoms with Crippen LogP contribution in [-0.4, -0.2) is 0 Å². The van der Waals surface area contributed by atoms with Crippen LogP contribution in [0.1, 0.15) is 53.2 Å². The van der Waals surface area contributed by atoms with Gasteiger partial charge in [-0.1, -0.05) is 53.1 Å². The Morgan fingerprint density at radius 2 is 0.654 bits per heavy atom. The molecule has 3 atom stereocenters. The van der Waals surface area contributed by atoms with Gasteiger partial charge >= 0.3 is 0 Å². The van der Waals surface area contributed by atoms with Crippen LogP contribution in [0.5, 0.6) is 0 Å². The Morgan fingerprint density at radius 1 is 0.423 bits per heavy atom. The standard InChI is InChI=1S/C42H27N7S3/c1-25-16-37(31(19-43)20-44)50-40(25)28-4-10-34(11-5-28)49(35-12-6-29(7-13-35)41-26(2)17-38(51-41)32(21-45)22-46)36-14-8-30(9-15-36)42-27(3)18-39(52-42)33(23-47)24-48/h4-18,40-42H,1-3H3. The van der Waals surface area contributed by atoms with Crippen molar-refractivity contribution in [3.8, 4) is 36.4 Å². The molecule has 10 heteroatoms. The Kier molecular flexibility index (Phi) is 10.6. The Morgan fingerprint density at radius 3 is 0.865 bits per heavy atom. The van der Waals surface area contributed by atoms with Gasteiger partial charge in [-0.3, -0.25) is 0 Å². The molecular formula is C42H27N7S3. The molecule has 0 saturated heterocycles. The van der Waals surface area contributed by atoms with Gasteiger partial charge in [0.25, 0.3) is 0 Å². The van der Waals surface area contributed by atoms with E-state index in [0.717, 1.165) is 50.5 Å². The van der Waals surface area contributed by atoms with Gasteiger partial charge in [0.1, 0.15) is 53.1 Å². The Bertz CT molecular complexity index is 2100. The Labute approximate surface area is 316 Å². The van der Waals surface area contributed by atoms with Gasteiger partial charge in [0.05, 0.1) is 15.7 Å². The Balaban J connectivity index is 1.34. The van der Waals surface area contributed by atoms with Gasteiger partial charge in [0, 0.05) is 31.8 Å². The largest absolute Gasteiger partial charge is 0.311 e. The number of nitriles is 6. The van der Waals surface area contributed by atoms with Crippen molar-refractivity contribution in [2.75, 3.05) is 4.90 Å². The quantitative estimate of drug-likeness (QED) is 0.225. The number of thioether (sulfide) groups is 3. The molecule has 52 heavy (non-hydrogen) atoms. The first-order valence-electron chi connectivity index (χ1n) is 16.0. The maximum absolute atomic E-state index is 9.40. The zero-order valence-corrected chi connectivity index (χ0v) is 30.7. The molecule has 0 bridgehead atoms.